The van der Waals surface area contributed by atoms with E-state index in [1.54, 1.807) is 27.7 Å². The number of nitrogens with zero attached hydrogens (tertiary/aromatic N) is 4. The maximum atomic E-state index is 12.4. The molecule has 0 aromatic carbocycles. The Balaban J connectivity index is 1.67. The Morgan fingerprint density at radius 3 is 2.58 bits per heavy atom. The first-order chi connectivity index (χ1) is 11.3. The van der Waals surface area contributed by atoms with E-state index in [2.05, 4.69) is 5.10 Å². The third-order valence-corrected chi connectivity index (χ3v) is 5.41. The molecule has 2 fully saturated rings. The van der Waals surface area contributed by atoms with Crippen molar-refractivity contribution in [2.24, 2.45) is 5.92 Å². The number of aliphatic carboxylic acids is 1. The normalized spacial score (nSPS) is 23.1. The number of aromatic nitrogens is 2. The minimum absolute atomic E-state index is 0.0354. The van der Waals surface area contributed by atoms with Gasteiger partial charge in [0.1, 0.15) is 6.54 Å². The van der Waals surface area contributed by atoms with Crippen LogP contribution in [0.1, 0.15) is 24.8 Å². The molecule has 2 aliphatic heterocycles. The Morgan fingerprint density at radius 1 is 1.38 bits per heavy atom. The average molecular weight is 334 g/mol. The lowest BCUT2D eigenvalue weighted by Gasteiger charge is -2.45. The first-order valence-electron chi connectivity index (χ1n) is 8.10. The molecule has 1 spiro atoms. The molecule has 1 unspecified atom stereocenters. The number of aryl methyl sites for hydroxylation is 1. The van der Waals surface area contributed by atoms with Gasteiger partial charge in [0, 0.05) is 32.8 Å². The molecule has 0 aliphatic carbocycles. The van der Waals surface area contributed by atoms with Gasteiger partial charge in [-0.2, -0.15) is 5.10 Å². The highest BCUT2D eigenvalue weighted by atomic mass is 16.4. The van der Waals surface area contributed by atoms with Crippen LogP contribution in [-0.2, 0) is 20.9 Å². The van der Waals surface area contributed by atoms with E-state index >= 15 is 0 Å². The molecule has 1 aromatic rings. The predicted octanol–water partition coefficient (Wildman–Crippen LogP) is 0.116. The minimum Gasteiger partial charge on any atom is -0.481 e. The van der Waals surface area contributed by atoms with Crippen LogP contribution in [0.2, 0.25) is 0 Å². The van der Waals surface area contributed by atoms with E-state index < -0.39 is 17.4 Å². The van der Waals surface area contributed by atoms with E-state index in [0.717, 1.165) is 5.56 Å². The second-order valence-electron chi connectivity index (χ2n) is 6.75. The van der Waals surface area contributed by atoms with Gasteiger partial charge in [0.05, 0.1) is 17.7 Å². The predicted molar refractivity (Wildman–Crippen MR) is 84.0 cm³/mol. The van der Waals surface area contributed by atoms with Gasteiger partial charge in [-0.1, -0.05) is 0 Å². The number of carboxylic acid groups (broad SMARTS) is 1. The fraction of sp³-hybridized carbons (Fsp3) is 0.625. The van der Waals surface area contributed by atoms with Crippen LogP contribution >= 0.6 is 0 Å². The second kappa shape index (κ2) is 5.92. The highest BCUT2D eigenvalue weighted by Crippen LogP contribution is 2.42. The minimum atomic E-state index is -0.931. The molecular weight excluding hydrogens is 312 g/mol. The largest absolute Gasteiger partial charge is 0.481 e. The van der Waals surface area contributed by atoms with Crippen molar-refractivity contribution in [2.45, 2.75) is 38.3 Å². The standard InChI is InChI=1S/C16H22N4O4/c1-11-8-17-20(9-11)10-14(22)19-5-3-16(4-6-19)12(15(23)24)7-13(21)18(16)2/h8-9,12H,3-7,10H2,1-2H3,(H,23,24). The zero-order chi connectivity index (χ0) is 17.5. The number of rotatable bonds is 3. The number of carboxylic acids is 1. The number of hydrogen-bond acceptors (Lipinski definition) is 4. The number of carbonyl (C=O) groups is 3. The van der Waals surface area contributed by atoms with E-state index in [4.69, 9.17) is 0 Å². The zero-order valence-corrected chi connectivity index (χ0v) is 13.9. The van der Waals surface area contributed by atoms with Crippen LogP contribution in [0.15, 0.2) is 12.4 Å². The monoisotopic (exact) mass is 334 g/mol. The Kier molecular flexibility index (Phi) is 4.06. The first-order valence-corrected chi connectivity index (χ1v) is 8.10. The highest BCUT2D eigenvalue weighted by molar-refractivity contribution is 5.88. The summed E-state index contributed by atoms with van der Waals surface area (Å²) in [7, 11) is 1.68. The quantitative estimate of drug-likeness (QED) is 0.847. The van der Waals surface area contributed by atoms with Crippen molar-refractivity contribution < 1.29 is 19.5 Å². The summed E-state index contributed by atoms with van der Waals surface area (Å²) in [5.74, 6) is -1.79. The molecule has 2 saturated heterocycles. The van der Waals surface area contributed by atoms with Crippen molar-refractivity contribution in [1.82, 2.24) is 19.6 Å². The number of amides is 2. The van der Waals surface area contributed by atoms with Crippen molar-refractivity contribution in [1.29, 1.82) is 0 Å². The lowest BCUT2D eigenvalue weighted by atomic mass is 9.77. The Labute approximate surface area is 140 Å². The van der Waals surface area contributed by atoms with Crippen LogP contribution in [0, 0.1) is 12.8 Å². The SMILES string of the molecule is Cc1cnn(CC(=O)N2CCC3(CC2)C(C(=O)O)CC(=O)N3C)c1. The Hall–Kier alpha value is -2.38. The molecule has 130 valence electrons. The molecule has 2 amide bonds. The summed E-state index contributed by atoms with van der Waals surface area (Å²) >= 11 is 0. The summed E-state index contributed by atoms with van der Waals surface area (Å²) in [5.41, 5.74) is 0.331. The van der Waals surface area contributed by atoms with Gasteiger partial charge < -0.3 is 14.9 Å². The van der Waals surface area contributed by atoms with Gasteiger partial charge in [-0.25, -0.2) is 0 Å². The third-order valence-electron chi connectivity index (χ3n) is 5.41. The zero-order valence-electron chi connectivity index (χ0n) is 13.9. The van der Waals surface area contributed by atoms with Crippen molar-refractivity contribution in [3.63, 3.8) is 0 Å². The molecule has 3 rings (SSSR count). The van der Waals surface area contributed by atoms with Crippen molar-refractivity contribution in [3.05, 3.63) is 18.0 Å². The molecule has 8 nitrogen and oxygen atoms in total. The summed E-state index contributed by atoms with van der Waals surface area (Å²) in [4.78, 5) is 39.3. The highest BCUT2D eigenvalue weighted by Gasteiger charge is 2.55. The molecule has 0 radical (unpaired) electrons. The van der Waals surface area contributed by atoms with E-state index in [-0.39, 0.29) is 24.8 Å². The summed E-state index contributed by atoms with van der Waals surface area (Å²) in [5, 5.41) is 13.6. The van der Waals surface area contributed by atoms with Crippen LogP contribution in [0.3, 0.4) is 0 Å². The first kappa shape index (κ1) is 16.5. The van der Waals surface area contributed by atoms with E-state index in [0.29, 0.717) is 25.9 Å². The van der Waals surface area contributed by atoms with Gasteiger partial charge in [-0.3, -0.25) is 19.1 Å². The molecule has 1 N–H and O–H groups in total. The molecule has 1 aromatic heterocycles. The lowest BCUT2D eigenvalue weighted by Crippen LogP contribution is -2.57. The Bertz CT molecular complexity index is 675. The summed E-state index contributed by atoms with van der Waals surface area (Å²) < 4.78 is 1.60. The van der Waals surface area contributed by atoms with Gasteiger partial charge in [0.15, 0.2) is 0 Å². The third kappa shape index (κ3) is 2.65. The van der Waals surface area contributed by atoms with Crippen molar-refractivity contribution in [3.8, 4) is 0 Å². The van der Waals surface area contributed by atoms with E-state index in [9.17, 15) is 19.5 Å². The number of hydrogen-bond donors (Lipinski definition) is 1. The second-order valence-corrected chi connectivity index (χ2v) is 6.75. The smallest absolute Gasteiger partial charge is 0.309 e. The fourth-order valence-corrected chi connectivity index (χ4v) is 3.92. The molecule has 0 saturated carbocycles. The Morgan fingerprint density at radius 2 is 2.04 bits per heavy atom. The van der Waals surface area contributed by atoms with Gasteiger partial charge in [-0.15, -0.1) is 0 Å². The summed E-state index contributed by atoms with van der Waals surface area (Å²) in [6.07, 6.45) is 4.56. The molecule has 1 atom stereocenters. The maximum absolute atomic E-state index is 12.4. The molecule has 24 heavy (non-hydrogen) atoms. The van der Waals surface area contributed by atoms with Gasteiger partial charge in [0.2, 0.25) is 11.8 Å². The van der Waals surface area contributed by atoms with E-state index in [1.807, 2.05) is 13.1 Å². The van der Waals surface area contributed by atoms with Gasteiger partial charge in [0.25, 0.3) is 0 Å². The van der Waals surface area contributed by atoms with Crippen LogP contribution in [0.5, 0.6) is 0 Å². The van der Waals surface area contributed by atoms with Crippen LogP contribution in [0.25, 0.3) is 0 Å². The lowest BCUT2D eigenvalue weighted by molar-refractivity contribution is -0.147. The number of carbonyl (C=O) groups excluding carboxylic acids is 2. The molecule has 3 heterocycles. The molecule has 2 aliphatic rings. The fourth-order valence-electron chi connectivity index (χ4n) is 3.92. The van der Waals surface area contributed by atoms with Gasteiger partial charge in [-0.05, 0) is 25.3 Å². The number of piperidine rings is 1. The van der Waals surface area contributed by atoms with Crippen molar-refractivity contribution >= 4 is 17.8 Å². The topological polar surface area (TPSA) is 95.7 Å². The van der Waals surface area contributed by atoms with Crippen LogP contribution in [-0.4, -0.2) is 68.1 Å². The molecule has 8 heteroatoms. The number of likely N-dealkylation sites (tertiary alicyclic amines) is 2. The maximum Gasteiger partial charge on any atom is 0.309 e. The van der Waals surface area contributed by atoms with Crippen LogP contribution in [0.4, 0.5) is 0 Å². The summed E-state index contributed by atoms with van der Waals surface area (Å²) in [6, 6.07) is 0. The average Bonchev–Trinajstić information content (AvgIpc) is 3.05. The molecule has 0 bridgehead atoms. The van der Waals surface area contributed by atoms with Gasteiger partial charge >= 0.3 is 5.97 Å². The van der Waals surface area contributed by atoms with E-state index in [1.165, 1.54) is 0 Å². The summed E-state index contributed by atoms with van der Waals surface area (Å²) in [6.45, 7) is 3.01. The molecular formula is C16H22N4O4. The van der Waals surface area contributed by atoms with Crippen LogP contribution < -0.4 is 0 Å². The van der Waals surface area contributed by atoms with Crippen molar-refractivity contribution in [2.75, 3.05) is 20.1 Å².